The summed E-state index contributed by atoms with van der Waals surface area (Å²) >= 11 is 3.52. The zero-order chi connectivity index (χ0) is 82.7. The Morgan fingerprint density at radius 3 is 1.04 bits per heavy atom. The van der Waals surface area contributed by atoms with Crippen LogP contribution in [0.2, 0.25) is 0 Å². The van der Waals surface area contributed by atoms with Crippen LogP contribution in [0.3, 0.4) is 0 Å². The molecule has 1 aliphatic rings. The summed E-state index contributed by atoms with van der Waals surface area (Å²) in [6.07, 6.45) is 2.94. The highest BCUT2D eigenvalue weighted by Crippen LogP contribution is 2.43. The molecule has 0 saturated heterocycles. The number of aromatic nitrogens is 6. The predicted octanol–water partition coefficient (Wildman–Crippen LogP) is 29.1. The Balaban J connectivity index is 0.000000108. The van der Waals surface area contributed by atoms with E-state index in [-0.39, 0.29) is 7.43 Å². The van der Waals surface area contributed by atoms with Gasteiger partial charge in [0.15, 0.2) is 0 Å². The third-order valence-electron chi connectivity index (χ3n) is 24.5. The molecule has 25 rings (SSSR count). The molecule has 0 atom stereocenters. The maximum Gasteiger partial charge on any atom is 0.488 e. The van der Waals surface area contributed by atoms with Gasteiger partial charge in [-0.15, -0.1) is 0 Å². The second kappa shape index (κ2) is 32.8. The Bertz CT molecular complexity index is 8160. The van der Waals surface area contributed by atoms with Crippen LogP contribution in [0.25, 0.3) is 199 Å². The molecule has 0 aliphatic heterocycles. The number of fused-ring (bicyclic) bond motifs is 18. The number of nitrogens with zero attached hydrogens (tertiary/aromatic N) is 5. The number of halogens is 1. The summed E-state index contributed by atoms with van der Waals surface area (Å²) in [5, 5.41) is 31.3. The molecule has 18 aromatic carbocycles. The van der Waals surface area contributed by atoms with Crippen LogP contribution in [0.1, 0.15) is 18.6 Å². The Hall–Kier alpha value is -15.4. The van der Waals surface area contributed by atoms with Crippen LogP contribution in [0.5, 0.6) is 0 Å². The molecular weight excluding hydrogens is 1590 g/mol. The average molecular weight is 1670 g/mol. The lowest BCUT2D eigenvalue weighted by Gasteiger charge is -2.10. The number of nitrogens with one attached hydrogen (secondary N) is 1. The fourth-order valence-electron chi connectivity index (χ4n) is 18.6. The Kier molecular flexibility index (Phi) is 20.2. The predicted molar refractivity (Wildman–Crippen MR) is 530 cm³/mol. The fourth-order valence-corrected chi connectivity index (χ4v) is 19.0. The second-order valence-electron chi connectivity index (χ2n) is 31.7. The summed E-state index contributed by atoms with van der Waals surface area (Å²) in [4.78, 5) is 8.22. The number of benzene rings is 18. The van der Waals surface area contributed by atoms with Gasteiger partial charge in [-0.3, -0.25) is 4.57 Å². The number of para-hydroxylation sites is 5. The highest BCUT2D eigenvalue weighted by molar-refractivity contribution is 9.10. The van der Waals surface area contributed by atoms with Crippen molar-refractivity contribution in [1.82, 2.24) is 28.2 Å². The molecule has 0 saturated carbocycles. The van der Waals surface area contributed by atoms with Gasteiger partial charge in [-0.1, -0.05) is 315 Å². The molecule has 0 bridgehead atoms. The van der Waals surface area contributed by atoms with Crippen molar-refractivity contribution >= 4 is 138 Å². The minimum atomic E-state index is -1.48. The molecule has 10 heteroatoms. The van der Waals surface area contributed by atoms with Crippen molar-refractivity contribution in [2.24, 2.45) is 0 Å². The summed E-state index contributed by atoms with van der Waals surface area (Å²) < 4.78 is 10.4. The molecule has 594 valence electrons. The number of aromatic amines is 1. The Morgan fingerprint density at radius 2 is 0.584 bits per heavy atom. The highest BCUT2D eigenvalue weighted by atomic mass is 79.9. The van der Waals surface area contributed by atoms with Crippen LogP contribution in [0.15, 0.2) is 447 Å². The van der Waals surface area contributed by atoms with Crippen molar-refractivity contribution in [2.45, 2.75) is 13.8 Å². The molecule has 0 radical (unpaired) electrons. The van der Waals surface area contributed by atoms with E-state index in [0.717, 1.165) is 60.9 Å². The standard InChI is InChI=1S/C41H27N3.C36H24N2.C24H18BNO2.C13H9Br.CH4/c1-2-10-28(11-3-1)29-17-21-32(22-18-29)43-37-14-6-4-12-33(37)35-26-30(19-23-39(35)43)31-20-24-40-36(27-31)34-13-5-7-15-38(34)44(40)41-16-8-9-25-42-41;1-2-8-24(9-3-1)25-14-18-28(19-15-25)38-35-13-7-5-11-30(35)32-23-27(17-21-36(32)38)26-16-20-34-31(22-26)29-10-4-6-12-33(29)37-34;27-25(28)19-12-15-24-22(16-19)21-8-4-5-9-23(21)26(24)20-13-10-18(11-14-20)17-6-2-1-3-7-17;14-11-6-5-10-7-9-3-1-2-4-12(9)13(10)8-11;/h1-27H;1-23,37H;1-16,27-28H;1-6,8H,7H2;1H4. The first-order valence-electron chi connectivity index (χ1n) is 42.0. The normalized spacial score (nSPS) is 11.5. The first kappa shape index (κ1) is 76.9. The minimum Gasteiger partial charge on any atom is -0.423 e. The Labute approximate surface area is 732 Å². The SMILES string of the molecule is Brc1ccc2c(c1)-c1ccccc1C2.C.OB(O)c1ccc2c(c1)c1ccccc1n2-c1ccc(-c2ccccc2)cc1.c1ccc(-c2ccc(-n3c4ccccc4c4cc(-c5ccc6[nH]c7ccccc7c6c5)ccc43)cc2)cc1.c1ccc(-c2ccc(-n3c4ccccc4c4cc(-c5ccc6c(c5)c5ccccc5n6-c5ccccn5)ccc43)cc2)cc1. The van der Waals surface area contributed by atoms with Crippen molar-refractivity contribution in [3.63, 3.8) is 0 Å². The van der Waals surface area contributed by atoms with Gasteiger partial charge in [-0.05, 0) is 235 Å². The zero-order valence-electron chi connectivity index (χ0n) is 67.4. The zero-order valence-corrected chi connectivity index (χ0v) is 69.0. The van der Waals surface area contributed by atoms with Gasteiger partial charge in [0.2, 0.25) is 0 Å². The molecule has 6 aromatic heterocycles. The van der Waals surface area contributed by atoms with E-state index in [1.807, 2.05) is 60.8 Å². The molecule has 6 heterocycles. The van der Waals surface area contributed by atoms with E-state index < -0.39 is 7.12 Å². The minimum absolute atomic E-state index is 0. The van der Waals surface area contributed by atoms with E-state index >= 15 is 0 Å². The Morgan fingerprint density at radius 1 is 0.248 bits per heavy atom. The van der Waals surface area contributed by atoms with Crippen LogP contribution in [-0.2, 0) is 6.42 Å². The molecule has 0 amide bonds. The summed E-state index contributed by atoms with van der Waals surface area (Å²) in [7, 11) is -1.48. The number of rotatable bonds is 10. The molecular formula is C115H82BBrN6O2. The van der Waals surface area contributed by atoms with Crippen molar-refractivity contribution in [1.29, 1.82) is 0 Å². The van der Waals surface area contributed by atoms with Crippen LogP contribution in [0.4, 0.5) is 0 Å². The van der Waals surface area contributed by atoms with Gasteiger partial charge >= 0.3 is 7.12 Å². The van der Waals surface area contributed by atoms with Gasteiger partial charge in [0.05, 0.1) is 44.1 Å². The lowest BCUT2D eigenvalue weighted by molar-refractivity contribution is 0.426. The van der Waals surface area contributed by atoms with Gasteiger partial charge in [-0.2, -0.15) is 0 Å². The lowest BCUT2D eigenvalue weighted by atomic mass is 9.80. The molecule has 24 aromatic rings. The van der Waals surface area contributed by atoms with Crippen molar-refractivity contribution in [3.8, 4) is 89.6 Å². The van der Waals surface area contributed by atoms with Gasteiger partial charge < -0.3 is 28.7 Å². The van der Waals surface area contributed by atoms with E-state index in [1.54, 1.807) is 6.07 Å². The third-order valence-corrected chi connectivity index (χ3v) is 25.0. The maximum absolute atomic E-state index is 9.57. The summed E-state index contributed by atoms with van der Waals surface area (Å²) in [5.74, 6) is 0.928. The van der Waals surface area contributed by atoms with E-state index in [1.165, 1.54) is 160 Å². The van der Waals surface area contributed by atoms with Crippen LogP contribution < -0.4 is 5.46 Å². The molecule has 0 unspecified atom stereocenters. The topological polar surface area (TPSA) is 88.9 Å². The summed E-state index contributed by atoms with van der Waals surface area (Å²) in [6.45, 7) is 0. The van der Waals surface area contributed by atoms with Gasteiger partial charge in [0.25, 0.3) is 0 Å². The smallest absolute Gasteiger partial charge is 0.423 e. The highest BCUT2D eigenvalue weighted by Gasteiger charge is 2.22. The van der Waals surface area contributed by atoms with E-state index in [4.69, 9.17) is 0 Å². The number of hydrogen-bond donors (Lipinski definition) is 3. The van der Waals surface area contributed by atoms with Crippen molar-refractivity contribution in [3.05, 3.63) is 459 Å². The van der Waals surface area contributed by atoms with Gasteiger partial charge in [0, 0.05) is 92.6 Å². The summed E-state index contributed by atoms with van der Waals surface area (Å²) in [5.41, 5.74) is 33.4. The second-order valence-corrected chi connectivity index (χ2v) is 32.7. The monoisotopic (exact) mass is 1670 g/mol. The summed E-state index contributed by atoms with van der Waals surface area (Å²) in [6, 6.07) is 155. The van der Waals surface area contributed by atoms with Gasteiger partial charge in [0.1, 0.15) is 5.82 Å². The largest absolute Gasteiger partial charge is 0.488 e. The van der Waals surface area contributed by atoms with Crippen LogP contribution in [0, 0.1) is 0 Å². The molecule has 0 fully saturated rings. The van der Waals surface area contributed by atoms with Crippen molar-refractivity contribution < 1.29 is 10.0 Å². The fraction of sp³-hybridized carbons (Fsp3) is 0.0174. The number of pyridine rings is 1. The molecule has 3 N–H and O–H groups in total. The van der Waals surface area contributed by atoms with Crippen LogP contribution in [-0.4, -0.2) is 45.4 Å². The first-order valence-corrected chi connectivity index (χ1v) is 42.8. The quantitative estimate of drug-likeness (QED) is 0.119. The van der Waals surface area contributed by atoms with E-state index in [2.05, 4.69) is 420 Å². The number of hydrogen-bond acceptors (Lipinski definition) is 3. The average Bonchev–Trinajstić information content (AvgIpc) is 1.60. The van der Waals surface area contributed by atoms with Gasteiger partial charge in [-0.25, -0.2) is 4.98 Å². The lowest BCUT2D eigenvalue weighted by Crippen LogP contribution is -2.29. The van der Waals surface area contributed by atoms with E-state index in [9.17, 15) is 10.0 Å². The maximum atomic E-state index is 9.57. The molecule has 1 aliphatic carbocycles. The first-order chi connectivity index (χ1) is 61.2. The number of H-pyrrole nitrogens is 1. The van der Waals surface area contributed by atoms with Crippen LogP contribution >= 0.6 is 15.9 Å². The molecule has 8 nitrogen and oxygen atoms in total. The molecule has 125 heavy (non-hydrogen) atoms. The third kappa shape index (κ3) is 14.2. The molecule has 0 spiro atoms. The van der Waals surface area contributed by atoms with E-state index in [0.29, 0.717) is 5.46 Å². The van der Waals surface area contributed by atoms with Crippen molar-refractivity contribution in [2.75, 3.05) is 0 Å².